The lowest BCUT2D eigenvalue weighted by atomic mass is 9.82. The highest BCUT2D eigenvalue weighted by molar-refractivity contribution is 4.88. The Balaban J connectivity index is 2.32. The summed E-state index contributed by atoms with van der Waals surface area (Å²) in [5.41, 5.74) is -0.374. The van der Waals surface area contributed by atoms with Crippen LogP contribution in [0.2, 0.25) is 0 Å². The fraction of sp³-hybridized carbons (Fsp3) is 1.00. The minimum Gasteiger partial charge on any atom is -0.390 e. The molecule has 0 aromatic rings. The lowest BCUT2D eigenvalue weighted by Gasteiger charge is -2.41. The summed E-state index contributed by atoms with van der Waals surface area (Å²) in [6, 6.07) is 0.530. The van der Waals surface area contributed by atoms with Gasteiger partial charge in [-0.05, 0) is 39.2 Å². The van der Waals surface area contributed by atoms with E-state index < -0.39 is 0 Å². The summed E-state index contributed by atoms with van der Waals surface area (Å²) in [6.07, 6.45) is 5.30. The van der Waals surface area contributed by atoms with E-state index in [4.69, 9.17) is 0 Å². The second-order valence-corrected chi connectivity index (χ2v) is 5.79. The third kappa shape index (κ3) is 4.12. The number of hydrogen-bond donors (Lipinski definition) is 1. The van der Waals surface area contributed by atoms with Gasteiger partial charge in [0.15, 0.2) is 0 Å². The molecular formula is C13H27NO. The Hall–Kier alpha value is -0.0800. The van der Waals surface area contributed by atoms with Crippen LogP contribution in [0.25, 0.3) is 0 Å². The number of rotatable bonds is 4. The first-order chi connectivity index (χ1) is 6.93. The molecule has 1 rings (SSSR count). The second-order valence-electron chi connectivity index (χ2n) is 5.79. The molecule has 1 N–H and O–H groups in total. The second kappa shape index (κ2) is 5.31. The van der Waals surface area contributed by atoms with Crippen LogP contribution in [0.15, 0.2) is 0 Å². The molecule has 2 nitrogen and oxygen atoms in total. The summed E-state index contributed by atoms with van der Waals surface area (Å²) in [7, 11) is 2.15. The van der Waals surface area contributed by atoms with Gasteiger partial charge in [0, 0.05) is 12.6 Å². The Morgan fingerprint density at radius 3 is 2.67 bits per heavy atom. The van der Waals surface area contributed by atoms with E-state index in [2.05, 4.69) is 32.7 Å². The molecule has 0 aromatic heterocycles. The van der Waals surface area contributed by atoms with Gasteiger partial charge in [-0.15, -0.1) is 0 Å². The van der Waals surface area contributed by atoms with Gasteiger partial charge in [0.25, 0.3) is 0 Å². The van der Waals surface area contributed by atoms with Crippen LogP contribution in [0.4, 0.5) is 0 Å². The molecule has 1 saturated heterocycles. The van der Waals surface area contributed by atoms with Crippen molar-refractivity contribution in [2.75, 3.05) is 13.6 Å². The number of likely N-dealkylation sites (tertiary alicyclic amines) is 1. The molecule has 1 aliphatic heterocycles. The normalized spacial score (nSPS) is 33.6. The SMILES string of the molecule is CC(C)CCCC1(O)CCN(C)C(C)C1. The molecule has 1 heterocycles. The number of nitrogens with zero attached hydrogens (tertiary/aromatic N) is 1. The van der Waals surface area contributed by atoms with Crippen molar-refractivity contribution in [1.29, 1.82) is 0 Å². The van der Waals surface area contributed by atoms with E-state index in [9.17, 15) is 5.11 Å². The smallest absolute Gasteiger partial charge is 0.0674 e. The maximum Gasteiger partial charge on any atom is 0.0674 e. The summed E-state index contributed by atoms with van der Waals surface area (Å²) < 4.78 is 0. The van der Waals surface area contributed by atoms with E-state index in [1.165, 1.54) is 12.8 Å². The quantitative estimate of drug-likeness (QED) is 0.776. The number of aliphatic hydroxyl groups is 1. The third-order valence-corrected chi connectivity index (χ3v) is 3.78. The first-order valence-corrected chi connectivity index (χ1v) is 6.35. The first-order valence-electron chi connectivity index (χ1n) is 6.35. The minimum absolute atomic E-state index is 0.374. The minimum atomic E-state index is -0.374. The summed E-state index contributed by atoms with van der Waals surface area (Å²) in [5.74, 6) is 0.761. The van der Waals surface area contributed by atoms with E-state index in [0.717, 1.165) is 31.7 Å². The standard InChI is InChI=1S/C13H27NO/c1-11(2)6-5-7-13(15)8-9-14(4)12(3)10-13/h11-12,15H,5-10H2,1-4H3. The third-order valence-electron chi connectivity index (χ3n) is 3.78. The molecule has 0 bridgehead atoms. The zero-order valence-corrected chi connectivity index (χ0v) is 10.8. The van der Waals surface area contributed by atoms with Crippen molar-refractivity contribution in [3.05, 3.63) is 0 Å². The molecule has 1 fully saturated rings. The van der Waals surface area contributed by atoms with Crippen molar-refractivity contribution in [3.8, 4) is 0 Å². The van der Waals surface area contributed by atoms with Gasteiger partial charge < -0.3 is 10.0 Å². The Kier molecular flexibility index (Phi) is 4.60. The molecule has 2 atom stereocenters. The zero-order valence-electron chi connectivity index (χ0n) is 10.8. The largest absolute Gasteiger partial charge is 0.390 e. The van der Waals surface area contributed by atoms with E-state index in [1.54, 1.807) is 0 Å². The van der Waals surface area contributed by atoms with Gasteiger partial charge >= 0.3 is 0 Å². The molecule has 0 amide bonds. The topological polar surface area (TPSA) is 23.5 Å². The fourth-order valence-corrected chi connectivity index (χ4v) is 2.48. The number of hydrogen-bond acceptors (Lipinski definition) is 2. The summed E-state index contributed by atoms with van der Waals surface area (Å²) in [6.45, 7) is 7.76. The van der Waals surface area contributed by atoms with Crippen LogP contribution >= 0.6 is 0 Å². The van der Waals surface area contributed by atoms with Crippen molar-refractivity contribution >= 4 is 0 Å². The van der Waals surface area contributed by atoms with Crippen LogP contribution in [0.5, 0.6) is 0 Å². The summed E-state index contributed by atoms with van der Waals surface area (Å²) in [5, 5.41) is 10.4. The van der Waals surface area contributed by atoms with Gasteiger partial charge in [-0.2, -0.15) is 0 Å². The lowest BCUT2D eigenvalue weighted by Crippen LogP contribution is -2.47. The van der Waals surface area contributed by atoms with Crippen molar-refractivity contribution in [2.45, 2.75) is 64.5 Å². The van der Waals surface area contributed by atoms with Crippen LogP contribution in [-0.2, 0) is 0 Å². The maximum absolute atomic E-state index is 10.4. The van der Waals surface area contributed by atoms with Gasteiger partial charge in [0.05, 0.1) is 5.60 Å². The van der Waals surface area contributed by atoms with E-state index in [-0.39, 0.29) is 5.60 Å². The average Bonchev–Trinajstić information content (AvgIpc) is 2.11. The van der Waals surface area contributed by atoms with Gasteiger partial charge in [0.1, 0.15) is 0 Å². The molecule has 15 heavy (non-hydrogen) atoms. The monoisotopic (exact) mass is 213 g/mol. The molecule has 0 radical (unpaired) electrons. The molecule has 2 heteroatoms. The summed E-state index contributed by atoms with van der Waals surface area (Å²) >= 11 is 0. The molecule has 2 unspecified atom stereocenters. The lowest BCUT2D eigenvalue weighted by molar-refractivity contribution is -0.0437. The van der Waals surface area contributed by atoms with E-state index in [1.807, 2.05) is 0 Å². The summed E-state index contributed by atoms with van der Waals surface area (Å²) in [4.78, 5) is 2.34. The van der Waals surface area contributed by atoms with Gasteiger partial charge in [0.2, 0.25) is 0 Å². The van der Waals surface area contributed by atoms with Crippen molar-refractivity contribution < 1.29 is 5.11 Å². The van der Waals surface area contributed by atoms with Crippen molar-refractivity contribution in [2.24, 2.45) is 5.92 Å². The molecule has 0 saturated carbocycles. The Morgan fingerprint density at radius 2 is 2.13 bits per heavy atom. The molecule has 1 aliphatic rings. The Bertz CT molecular complexity index is 193. The molecule has 90 valence electrons. The molecular weight excluding hydrogens is 186 g/mol. The maximum atomic E-state index is 10.4. The molecule has 0 spiro atoms. The van der Waals surface area contributed by atoms with Gasteiger partial charge in [-0.25, -0.2) is 0 Å². The van der Waals surface area contributed by atoms with E-state index >= 15 is 0 Å². The van der Waals surface area contributed by atoms with Crippen molar-refractivity contribution in [3.63, 3.8) is 0 Å². The zero-order chi connectivity index (χ0) is 11.5. The van der Waals surface area contributed by atoms with Crippen LogP contribution in [0.3, 0.4) is 0 Å². The Labute approximate surface area is 94.7 Å². The van der Waals surface area contributed by atoms with Gasteiger partial charge in [-0.3, -0.25) is 0 Å². The highest BCUT2D eigenvalue weighted by atomic mass is 16.3. The molecule has 0 aromatic carbocycles. The van der Waals surface area contributed by atoms with Gasteiger partial charge in [-0.1, -0.05) is 26.7 Å². The van der Waals surface area contributed by atoms with Crippen LogP contribution < -0.4 is 0 Å². The van der Waals surface area contributed by atoms with Crippen LogP contribution in [0.1, 0.15) is 52.9 Å². The highest BCUT2D eigenvalue weighted by Gasteiger charge is 2.34. The molecule has 0 aliphatic carbocycles. The predicted octanol–water partition coefficient (Wildman–Crippen LogP) is 2.66. The van der Waals surface area contributed by atoms with Crippen LogP contribution in [-0.4, -0.2) is 35.2 Å². The average molecular weight is 213 g/mol. The predicted molar refractivity (Wildman–Crippen MR) is 65.0 cm³/mol. The van der Waals surface area contributed by atoms with E-state index in [0.29, 0.717) is 6.04 Å². The van der Waals surface area contributed by atoms with Crippen molar-refractivity contribution in [1.82, 2.24) is 4.90 Å². The fourth-order valence-electron chi connectivity index (χ4n) is 2.48. The highest BCUT2D eigenvalue weighted by Crippen LogP contribution is 2.30. The van der Waals surface area contributed by atoms with Crippen LogP contribution in [0, 0.1) is 5.92 Å². The first kappa shape index (κ1) is 13.0. The number of piperidine rings is 1. The Morgan fingerprint density at radius 1 is 1.47 bits per heavy atom.